The molecule has 0 fully saturated rings. The lowest BCUT2D eigenvalue weighted by Crippen LogP contribution is -1.76. The summed E-state index contributed by atoms with van der Waals surface area (Å²) in [4.78, 5) is 8.22. The molecule has 0 spiro atoms. The lowest BCUT2D eigenvalue weighted by molar-refractivity contribution is 0.653. The fraction of sp³-hybridized carbons (Fsp3) is 0. The number of hydrogen-bond donors (Lipinski definition) is 0. The molecule has 0 aliphatic heterocycles. The molecule has 0 unspecified atom stereocenters. The highest BCUT2D eigenvalue weighted by atomic mass is 16.3. The average molecular weight is 220 g/mol. The van der Waals surface area contributed by atoms with Gasteiger partial charge in [0, 0.05) is 11.6 Å². The Bertz CT molecular complexity index is 842. The Morgan fingerprint density at radius 3 is 2.88 bits per heavy atom. The molecule has 0 bridgehead atoms. The van der Waals surface area contributed by atoms with Crippen LogP contribution in [0.2, 0.25) is 0 Å². The molecule has 3 nitrogen and oxygen atoms in total. The first-order valence-electron chi connectivity index (χ1n) is 5.43. The van der Waals surface area contributed by atoms with E-state index in [1.54, 1.807) is 6.20 Å². The molecule has 0 atom stereocenters. The van der Waals surface area contributed by atoms with Gasteiger partial charge in [-0.15, -0.1) is 0 Å². The predicted molar refractivity (Wildman–Crippen MR) is 66.8 cm³/mol. The Labute approximate surface area is 96.7 Å². The van der Waals surface area contributed by atoms with Crippen LogP contribution < -0.4 is 0 Å². The van der Waals surface area contributed by atoms with Crippen molar-refractivity contribution >= 4 is 32.8 Å². The molecule has 2 aromatic carbocycles. The van der Waals surface area contributed by atoms with Crippen LogP contribution in [-0.4, -0.2) is 9.97 Å². The first-order chi connectivity index (χ1) is 8.43. The molecule has 2 heterocycles. The molecule has 0 saturated carbocycles. The zero-order valence-electron chi connectivity index (χ0n) is 8.92. The fourth-order valence-electron chi connectivity index (χ4n) is 2.29. The minimum Gasteiger partial charge on any atom is -0.438 e. The maximum absolute atomic E-state index is 5.71. The van der Waals surface area contributed by atoms with Crippen molar-refractivity contribution in [3.05, 3.63) is 48.9 Å². The van der Waals surface area contributed by atoms with Gasteiger partial charge in [-0.2, -0.15) is 0 Å². The molecular formula is C14H8N2O. The molecule has 4 rings (SSSR count). The fourth-order valence-corrected chi connectivity index (χ4v) is 2.29. The molecule has 0 amide bonds. The average Bonchev–Trinajstić information content (AvgIpc) is 2.77. The van der Waals surface area contributed by atoms with Crippen molar-refractivity contribution < 1.29 is 4.42 Å². The second-order valence-electron chi connectivity index (χ2n) is 4.00. The van der Waals surface area contributed by atoms with Gasteiger partial charge in [-0.3, -0.25) is 0 Å². The molecule has 0 N–H and O–H groups in total. The van der Waals surface area contributed by atoms with Gasteiger partial charge in [0.2, 0.25) is 5.71 Å². The highest BCUT2D eigenvalue weighted by molar-refractivity contribution is 6.17. The Morgan fingerprint density at radius 1 is 0.941 bits per heavy atom. The summed E-state index contributed by atoms with van der Waals surface area (Å²) in [6, 6.07) is 12.3. The summed E-state index contributed by atoms with van der Waals surface area (Å²) in [7, 11) is 0. The zero-order chi connectivity index (χ0) is 11.2. The van der Waals surface area contributed by atoms with Crippen molar-refractivity contribution in [3.63, 3.8) is 0 Å². The van der Waals surface area contributed by atoms with Crippen molar-refractivity contribution in [2.75, 3.05) is 0 Å². The smallest absolute Gasteiger partial charge is 0.230 e. The van der Waals surface area contributed by atoms with Crippen LogP contribution in [0, 0.1) is 0 Å². The highest BCUT2D eigenvalue weighted by Crippen LogP contribution is 2.32. The third-order valence-corrected chi connectivity index (χ3v) is 3.04. The van der Waals surface area contributed by atoms with E-state index < -0.39 is 0 Å². The van der Waals surface area contributed by atoms with E-state index in [-0.39, 0.29) is 0 Å². The Morgan fingerprint density at radius 2 is 1.88 bits per heavy atom. The number of nitrogens with zero attached hydrogens (tertiary/aromatic N) is 2. The summed E-state index contributed by atoms with van der Waals surface area (Å²) in [6.07, 6.45) is 3.31. The molecule has 2 aromatic heterocycles. The Kier molecular flexibility index (Phi) is 1.56. The number of benzene rings is 2. The van der Waals surface area contributed by atoms with E-state index in [0.29, 0.717) is 5.71 Å². The molecule has 0 aliphatic rings. The third-order valence-electron chi connectivity index (χ3n) is 3.04. The summed E-state index contributed by atoms with van der Waals surface area (Å²) in [6.45, 7) is 0. The Hall–Kier alpha value is -2.42. The van der Waals surface area contributed by atoms with Crippen LogP contribution in [0.1, 0.15) is 0 Å². The van der Waals surface area contributed by atoms with Gasteiger partial charge in [0.15, 0.2) is 0 Å². The number of aromatic nitrogens is 2. The van der Waals surface area contributed by atoms with E-state index in [4.69, 9.17) is 4.42 Å². The predicted octanol–water partition coefficient (Wildman–Crippen LogP) is 3.53. The number of hydrogen-bond acceptors (Lipinski definition) is 3. The van der Waals surface area contributed by atoms with Crippen LogP contribution in [0.3, 0.4) is 0 Å². The summed E-state index contributed by atoms with van der Waals surface area (Å²) in [5.74, 6) is 0. The summed E-state index contributed by atoms with van der Waals surface area (Å²) in [5.41, 5.74) is 1.51. The maximum Gasteiger partial charge on any atom is 0.230 e. The van der Waals surface area contributed by atoms with Gasteiger partial charge in [0.1, 0.15) is 11.9 Å². The van der Waals surface area contributed by atoms with Crippen molar-refractivity contribution in [2.45, 2.75) is 0 Å². The van der Waals surface area contributed by atoms with Crippen molar-refractivity contribution in [1.82, 2.24) is 9.97 Å². The first-order valence-corrected chi connectivity index (χ1v) is 5.43. The normalized spacial score (nSPS) is 11.5. The van der Waals surface area contributed by atoms with Gasteiger partial charge < -0.3 is 4.42 Å². The summed E-state index contributed by atoms with van der Waals surface area (Å²) in [5, 5.41) is 4.45. The van der Waals surface area contributed by atoms with E-state index in [2.05, 4.69) is 28.2 Å². The van der Waals surface area contributed by atoms with E-state index >= 15 is 0 Å². The molecule has 0 radical (unpaired) electrons. The molecule has 4 aromatic rings. The van der Waals surface area contributed by atoms with Gasteiger partial charge in [-0.25, -0.2) is 9.97 Å². The number of fused-ring (bicyclic) bond motifs is 5. The SMILES string of the molecule is c1ccc2c(c1)ccc1oc3ncncc3c12. The van der Waals surface area contributed by atoms with Crippen LogP contribution in [0.5, 0.6) is 0 Å². The van der Waals surface area contributed by atoms with E-state index in [1.165, 1.54) is 17.1 Å². The van der Waals surface area contributed by atoms with Crippen molar-refractivity contribution in [2.24, 2.45) is 0 Å². The maximum atomic E-state index is 5.71. The number of rotatable bonds is 0. The van der Waals surface area contributed by atoms with E-state index in [1.807, 2.05) is 18.2 Å². The van der Waals surface area contributed by atoms with Gasteiger partial charge in [0.25, 0.3) is 0 Å². The van der Waals surface area contributed by atoms with E-state index in [9.17, 15) is 0 Å². The quantitative estimate of drug-likeness (QED) is 0.455. The van der Waals surface area contributed by atoms with Crippen LogP contribution in [0.15, 0.2) is 53.3 Å². The second-order valence-corrected chi connectivity index (χ2v) is 4.00. The lowest BCUT2D eigenvalue weighted by Gasteiger charge is -1.97. The molecule has 0 saturated heterocycles. The third kappa shape index (κ3) is 1.11. The Balaban J connectivity index is 2.38. The second kappa shape index (κ2) is 3.04. The molecular weight excluding hydrogens is 212 g/mol. The molecule has 17 heavy (non-hydrogen) atoms. The van der Waals surface area contributed by atoms with Crippen LogP contribution in [0.25, 0.3) is 32.8 Å². The highest BCUT2D eigenvalue weighted by Gasteiger charge is 2.10. The first kappa shape index (κ1) is 8.70. The lowest BCUT2D eigenvalue weighted by atomic mass is 10.1. The van der Waals surface area contributed by atoms with Gasteiger partial charge in [0.05, 0.1) is 5.39 Å². The molecule has 80 valence electrons. The van der Waals surface area contributed by atoms with Gasteiger partial charge >= 0.3 is 0 Å². The summed E-state index contributed by atoms with van der Waals surface area (Å²) < 4.78 is 5.71. The largest absolute Gasteiger partial charge is 0.438 e. The van der Waals surface area contributed by atoms with Crippen LogP contribution in [-0.2, 0) is 0 Å². The van der Waals surface area contributed by atoms with Crippen LogP contribution in [0.4, 0.5) is 0 Å². The minimum atomic E-state index is 0.645. The van der Waals surface area contributed by atoms with Crippen LogP contribution >= 0.6 is 0 Å². The topological polar surface area (TPSA) is 38.9 Å². The minimum absolute atomic E-state index is 0.645. The number of furan rings is 1. The zero-order valence-corrected chi connectivity index (χ0v) is 8.92. The molecule has 0 aliphatic carbocycles. The monoisotopic (exact) mass is 220 g/mol. The summed E-state index contributed by atoms with van der Waals surface area (Å²) >= 11 is 0. The molecule has 3 heteroatoms. The van der Waals surface area contributed by atoms with Gasteiger partial charge in [-0.05, 0) is 16.8 Å². The standard InChI is InChI=1S/C14H8N2O/c1-2-4-10-9(3-1)5-6-12-13(10)11-7-15-8-16-14(11)17-12/h1-8H. The van der Waals surface area contributed by atoms with E-state index in [0.717, 1.165) is 16.4 Å². The van der Waals surface area contributed by atoms with Crippen molar-refractivity contribution in [3.8, 4) is 0 Å². The van der Waals surface area contributed by atoms with Crippen molar-refractivity contribution in [1.29, 1.82) is 0 Å². The van der Waals surface area contributed by atoms with Gasteiger partial charge in [-0.1, -0.05) is 30.3 Å².